The number of amides is 1. The highest BCUT2D eigenvalue weighted by molar-refractivity contribution is 5.92. The summed E-state index contributed by atoms with van der Waals surface area (Å²) >= 11 is 0. The first-order valence-electron chi connectivity index (χ1n) is 6.57. The fourth-order valence-corrected chi connectivity index (χ4v) is 1.83. The number of carbonyl (C=O) groups excluding carboxylic acids is 1. The SMILES string of the molecule is CNCCC(=O)Nc1cc(-c2nc(C)co2)ccc1C.Cl. The zero-order chi connectivity index (χ0) is 14.5. The summed E-state index contributed by atoms with van der Waals surface area (Å²) in [6, 6.07) is 5.77. The van der Waals surface area contributed by atoms with Gasteiger partial charge in [0.05, 0.1) is 5.69 Å². The number of halogens is 1. The number of carbonyl (C=O) groups is 1. The Hall–Kier alpha value is -1.85. The van der Waals surface area contributed by atoms with E-state index in [4.69, 9.17) is 4.42 Å². The van der Waals surface area contributed by atoms with Gasteiger partial charge in [0, 0.05) is 24.2 Å². The molecule has 0 bridgehead atoms. The molecule has 0 saturated carbocycles. The predicted octanol–water partition coefficient (Wildman–Crippen LogP) is 2.93. The molecular weight excluding hydrogens is 290 g/mol. The molecule has 1 aromatic carbocycles. The molecule has 21 heavy (non-hydrogen) atoms. The van der Waals surface area contributed by atoms with Gasteiger partial charge < -0.3 is 15.1 Å². The molecule has 0 unspecified atom stereocenters. The maximum Gasteiger partial charge on any atom is 0.226 e. The third kappa shape index (κ3) is 4.58. The Morgan fingerprint density at radius 2 is 2.10 bits per heavy atom. The number of oxazole rings is 1. The summed E-state index contributed by atoms with van der Waals surface area (Å²) in [5, 5.41) is 5.87. The average Bonchev–Trinajstić information content (AvgIpc) is 2.85. The van der Waals surface area contributed by atoms with Crippen LogP contribution < -0.4 is 10.6 Å². The minimum atomic E-state index is -0.0109. The van der Waals surface area contributed by atoms with Crippen LogP contribution in [-0.2, 0) is 4.79 Å². The molecule has 0 radical (unpaired) electrons. The van der Waals surface area contributed by atoms with Gasteiger partial charge in [-0.25, -0.2) is 4.98 Å². The Morgan fingerprint density at radius 1 is 1.33 bits per heavy atom. The quantitative estimate of drug-likeness (QED) is 0.891. The van der Waals surface area contributed by atoms with Gasteiger partial charge in [0.15, 0.2) is 0 Å². The van der Waals surface area contributed by atoms with Crippen LogP contribution in [0.4, 0.5) is 5.69 Å². The number of hydrogen-bond donors (Lipinski definition) is 2. The van der Waals surface area contributed by atoms with Crippen molar-refractivity contribution in [3.8, 4) is 11.5 Å². The maximum atomic E-state index is 11.8. The number of benzene rings is 1. The topological polar surface area (TPSA) is 67.2 Å². The van der Waals surface area contributed by atoms with Crippen molar-refractivity contribution in [1.29, 1.82) is 0 Å². The van der Waals surface area contributed by atoms with Crippen LogP contribution in [0.2, 0.25) is 0 Å². The molecule has 0 aliphatic heterocycles. The number of aromatic nitrogens is 1. The van der Waals surface area contributed by atoms with Crippen LogP contribution in [0.15, 0.2) is 28.9 Å². The molecule has 2 rings (SSSR count). The van der Waals surface area contributed by atoms with E-state index in [9.17, 15) is 4.79 Å². The minimum absolute atomic E-state index is 0. The van der Waals surface area contributed by atoms with E-state index >= 15 is 0 Å². The molecule has 0 saturated heterocycles. The summed E-state index contributed by atoms with van der Waals surface area (Å²) in [6.07, 6.45) is 2.05. The molecule has 114 valence electrons. The van der Waals surface area contributed by atoms with Gasteiger partial charge in [-0.1, -0.05) is 6.07 Å². The molecular formula is C15H20ClN3O2. The second-order valence-corrected chi connectivity index (χ2v) is 4.73. The zero-order valence-electron chi connectivity index (χ0n) is 12.4. The molecule has 6 heteroatoms. The predicted molar refractivity (Wildman–Crippen MR) is 85.8 cm³/mol. The second kappa shape index (κ2) is 7.81. The summed E-state index contributed by atoms with van der Waals surface area (Å²) < 4.78 is 5.38. The molecule has 2 N–H and O–H groups in total. The highest BCUT2D eigenvalue weighted by atomic mass is 35.5. The van der Waals surface area contributed by atoms with Crippen LogP contribution in [0.5, 0.6) is 0 Å². The lowest BCUT2D eigenvalue weighted by molar-refractivity contribution is -0.116. The summed E-state index contributed by atoms with van der Waals surface area (Å²) in [6.45, 7) is 4.49. The Labute approximate surface area is 130 Å². The molecule has 0 fully saturated rings. The lowest BCUT2D eigenvalue weighted by Crippen LogP contribution is -2.19. The molecule has 0 atom stereocenters. The molecule has 0 aliphatic carbocycles. The monoisotopic (exact) mass is 309 g/mol. The third-order valence-corrected chi connectivity index (χ3v) is 2.98. The van der Waals surface area contributed by atoms with E-state index in [1.54, 1.807) is 6.26 Å². The van der Waals surface area contributed by atoms with Gasteiger partial charge in [-0.05, 0) is 38.6 Å². The number of anilines is 1. The molecule has 1 amide bonds. The Morgan fingerprint density at radius 3 is 2.71 bits per heavy atom. The van der Waals surface area contributed by atoms with Crippen molar-refractivity contribution in [2.45, 2.75) is 20.3 Å². The lowest BCUT2D eigenvalue weighted by Gasteiger charge is -2.09. The van der Waals surface area contributed by atoms with Crippen molar-refractivity contribution in [2.24, 2.45) is 0 Å². The van der Waals surface area contributed by atoms with Crippen LogP contribution in [-0.4, -0.2) is 24.5 Å². The smallest absolute Gasteiger partial charge is 0.226 e. The van der Waals surface area contributed by atoms with Gasteiger partial charge in [0.25, 0.3) is 0 Å². The van der Waals surface area contributed by atoms with Crippen LogP contribution >= 0.6 is 12.4 Å². The van der Waals surface area contributed by atoms with Gasteiger partial charge in [-0.2, -0.15) is 0 Å². The highest BCUT2D eigenvalue weighted by Crippen LogP contribution is 2.25. The van der Waals surface area contributed by atoms with Crippen LogP contribution in [0.3, 0.4) is 0 Å². The van der Waals surface area contributed by atoms with Gasteiger partial charge >= 0.3 is 0 Å². The standard InChI is InChI=1S/C15H19N3O2.ClH/c1-10-4-5-12(15-17-11(2)9-20-15)8-13(10)18-14(19)6-7-16-3;/h4-5,8-9,16H,6-7H2,1-3H3,(H,18,19);1H. The van der Waals surface area contributed by atoms with Crippen molar-refractivity contribution in [3.05, 3.63) is 35.7 Å². The number of nitrogens with zero attached hydrogens (tertiary/aromatic N) is 1. The van der Waals surface area contributed by atoms with E-state index in [0.29, 0.717) is 18.9 Å². The van der Waals surface area contributed by atoms with Crippen LogP contribution in [0.1, 0.15) is 17.7 Å². The Balaban J connectivity index is 0.00000220. The molecule has 1 aromatic heterocycles. The van der Waals surface area contributed by atoms with Gasteiger partial charge in [0.1, 0.15) is 6.26 Å². The normalized spacial score (nSPS) is 10.0. The number of nitrogens with one attached hydrogen (secondary N) is 2. The van der Waals surface area contributed by atoms with Crippen molar-refractivity contribution >= 4 is 24.0 Å². The summed E-state index contributed by atoms with van der Waals surface area (Å²) in [5.41, 5.74) is 3.49. The number of rotatable bonds is 5. The van der Waals surface area contributed by atoms with E-state index in [1.807, 2.05) is 39.1 Å². The van der Waals surface area contributed by atoms with Crippen LogP contribution in [0.25, 0.3) is 11.5 Å². The van der Waals surface area contributed by atoms with E-state index < -0.39 is 0 Å². The van der Waals surface area contributed by atoms with E-state index in [-0.39, 0.29) is 18.3 Å². The van der Waals surface area contributed by atoms with Gasteiger partial charge in [0.2, 0.25) is 11.8 Å². The summed E-state index contributed by atoms with van der Waals surface area (Å²) in [5.74, 6) is 0.552. The first kappa shape index (κ1) is 17.2. The number of hydrogen-bond acceptors (Lipinski definition) is 4. The van der Waals surface area contributed by atoms with E-state index in [2.05, 4.69) is 15.6 Å². The molecule has 0 spiro atoms. The van der Waals surface area contributed by atoms with Gasteiger partial charge in [-0.15, -0.1) is 12.4 Å². The second-order valence-electron chi connectivity index (χ2n) is 4.73. The fraction of sp³-hybridized carbons (Fsp3) is 0.333. The Bertz CT molecular complexity index is 611. The zero-order valence-corrected chi connectivity index (χ0v) is 13.2. The largest absolute Gasteiger partial charge is 0.444 e. The van der Waals surface area contributed by atoms with E-state index in [1.165, 1.54) is 0 Å². The highest BCUT2D eigenvalue weighted by Gasteiger charge is 2.09. The molecule has 2 aromatic rings. The van der Waals surface area contributed by atoms with Gasteiger partial charge in [-0.3, -0.25) is 4.79 Å². The van der Waals surface area contributed by atoms with Crippen molar-refractivity contribution in [3.63, 3.8) is 0 Å². The maximum absolute atomic E-state index is 11.8. The lowest BCUT2D eigenvalue weighted by atomic mass is 10.1. The first-order valence-corrected chi connectivity index (χ1v) is 6.57. The van der Waals surface area contributed by atoms with E-state index in [0.717, 1.165) is 22.5 Å². The van der Waals surface area contributed by atoms with Crippen molar-refractivity contribution in [1.82, 2.24) is 10.3 Å². The molecule has 5 nitrogen and oxygen atoms in total. The molecule has 1 heterocycles. The number of aryl methyl sites for hydroxylation is 2. The Kier molecular flexibility index (Phi) is 6.39. The van der Waals surface area contributed by atoms with Crippen molar-refractivity contribution in [2.75, 3.05) is 18.9 Å². The third-order valence-electron chi connectivity index (χ3n) is 2.98. The van der Waals surface area contributed by atoms with Crippen molar-refractivity contribution < 1.29 is 9.21 Å². The molecule has 0 aliphatic rings. The average molecular weight is 310 g/mol. The minimum Gasteiger partial charge on any atom is -0.444 e. The van der Waals surface area contributed by atoms with Crippen LogP contribution in [0, 0.1) is 13.8 Å². The summed E-state index contributed by atoms with van der Waals surface area (Å²) in [7, 11) is 1.82. The fourth-order valence-electron chi connectivity index (χ4n) is 1.83. The summed E-state index contributed by atoms with van der Waals surface area (Å²) in [4.78, 5) is 16.1. The first-order chi connectivity index (χ1) is 9.60.